The van der Waals surface area contributed by atoms with Crippen molar-refractivity contribution >= 4 is 27.4 Å². The second-order valence-electron chi connectivity index (χ2n) is 7.13. The van der Waals surface area contributed by atoms with Gasteiger partial charge in [0.1, 0.15) is 22.7 Å². The molecule has 5 rings (SSSR count). The van der Waals surface area contributed by atoms with Crippen molar-refractivity contribution in [3.05, 3.63) is 46.6 Å². The zero-order valence-electron chi connectivity index (χ0n) is 14.3. The maximum Gasteiger partial charge on any atom is 0.138 e. The minimum atomic E-state index is 0.237. The van der Waals surface area contributed by atoms with E-state index < -0.39 is 0 Å². The quantitative estimate of drug-likeness (QED) is 0.724. The summed E-state index contributed by atoms with van der Waals surface area (Å²) in [5.41, 5.74) is 2.69. The van der Waals surface area contributed by atoms with Crippen LogP contribution in [0.4, 0.5) is 5.82 Å². The van der Waals surface area contributed by atoms with Crippen LogP contribution in [-0.4, -0.2) is 16.6 Å². The van der Waals surface area contributed by atoms with Gasteiger partial charge in [0, 0.05) is 16.9 Å². The van der Waals surface area contributed by atoms with Crippen LogP contribution in [-0.2, 0) is 12.8 Å². The molecule has 25 heavy (non-hydrogen) atoms. The summed E-state index contributed by atoms with van der Waals surface area (Å²) in [6, 6.07) is 8.54. The van der Waals surface area contributed by atoms with Gasteiger partial charge in [-0.15, -0.1) is 11.3 Å². The van der Waals surface area contributed by atoms with Crippen LogP contribution in [0.25, 0.3) is 10.2 Å². The average molecular weight is 351 g/mol. The van der Waals surface area contributed by atoms with Gasteiger partial charge in [-0.1, -0.05) is 25.1 Å². The van der Waals surface area contributed by atoms with Gasteiger partial charge in [-0.2, -0.15) is 0 Å². The Morgan fingerprint density at radius 3 is 3.08 bits per heavy atom. The first-order valence-electron chi connectivity index (χ1n) is 9.03. The number of rotatable bonds is 2. The number of para-hydroxylation sites is 1. The predicted octanol–water partition coefficient (Wildman–Crippen LogP) is 4.75. The molecule has 0 radical (unpaired) electrons. The first kappa shape index (κ1) is 15.1. The second-order valence-corrected chi connectivity index (χ2v) is 8.21. The lowest BCUT2D eigenvalue weighted by atomic mass is 9.89. The van der Waals surface area contributed by atoms with Crippen molar-refractivity contribution in [2.75, 3.05) is 11.9 Å². The Hall–Kier alpha value is -2.14. The van der Waals surface area contributed by atoms with Crippen molar-refractivity contribution in [2.45, 2.75) is 38.6 Å². The van der Waals surface area contributed by atoms with Gasteiger partial charge in [-0.05, 0) is 36.8 Å². The smallest absolute Gasteiger partial charge is 0.138 e. The van der Waals surface area contributed by atoms with E-state index in [1.54, 1.807) is 6.33 Å². The standard InChI is InChI=1S/C20H21N3OS/c1-12-6-7-14-17(10-12)25-20-18(14)19(21-11-22-20)23-15-8-9-24-16-5-3-2-4-13(15)16/h2-5,11-12,15H,6-10H2,1H3,(H,21,22,23)/t12-,15-/m1/s1. The second kappa shape index (κ2) is 5.99. The van der Waals surface area contributed by atoms with E-state index in [1.807, 2.05) is 23.5 Å². The van der Waals surface area contributed by atoms with E-state index in [0.29, 0.717) is 0 Å². The van der Waals surface area contributed by atoms with Crippen LogP contribution in [0.5, 0.6) is 5.75 Å². The number of thiophene rings is 1. The maximum atomic E-state index is 5.80. The predicted molar refractivity (Wildman–Crippen MR) is 102 cm³/mol. The molecule has 2 aromatic heterocycles. The number of hydrogen-bond acceptors (Lipinski definition) is 5. The number of aromatic nitrogens is 2. The normalized spacial score (nSPS) is 22.1. The van der Waals surface area contributed by atoms with Crippen LogP contribution in [0.15, 0.2) is 30.6 Å². The van der Waals surface area contributed by atoms with Crippen molar-refractivity contribution in [1.29, 1.82) is 0 Å². The molecule has 1 aliphatic heterocycles. The molecule has 1 N–H and O–H groups in total. The van der Waals surface area contributed by atoms with E-state index in [1.165, 1.54) is 34.2 Å². The molecule has 0 amide bonds. The Morgan fingerprint density at radius 2 is 2.12 bits per heavy atom. The molecule has 3 aromatic rings. The average Bonchev–Trinajstić information content (AvgIpc) is 3.00. The van der Waals surface area contributed by atoms with E-state index in [-0.39, 0.29) is 6.04 Å². The number of hydrogen-bond donors (Lipinski definition) is 1. The molecule has 0 spiro atoms. The third-order valence-electron chi connectivity index (χ3n) is 5.36. The van der Waals surface area contributed by atoms with Gasteiger partial charge in [-0.25, -0.2) is 9.97 Å². The van der Waals surface area contributed by atoms with Gasteiger partial charge in [0.05, 0.1) is 18.0 Å². The maximum absolute atomic E-state index is 5.80. The fourth-order valence-corrected chi connectivity index (χ4v) is 5.39. The molecule has 0 saturated heterocycles. The lowest BCUT2D eigenvalue weighted by molar-refractivity contribution is 0.274. The summed E-state index contributed by atoms with van der Waals surface area (Å²) in [7, 11) is 0. The fourth-order valence-electron chi connectivity index (χ4n) is 4.04. The molecule has 2 aliphatic rings. The Morgan fingerprint density at radius 1 is 1.20 bits per heavy atom. The molecular weight excluding hydrogens is 330 g/mol. The number of benzene rings is 1. The third kappa shape index (κ3) is 2.58. The van der Waals surface area contributed by atoms with Crippen molar-refractivity contribution < 1.29 is 4.74 Å². The van der Waals surface area contributed by atoms with Crippen LogP contribution in [0, 0.1) is 5.92 Å². The van der Waals surface area contributed by atoms with E-state index in [0.717, 1.165) is 41.8 Å². The lowest BCUT2D eigenvalue weighted by Gasteiger charge is -2.27. The van der Waals surface area contributed by atoms with Crippen molar-refractivity contribution in [3.8, 4) is 5.75 Å². The summed E-state index contributed by atoms with van der Waals surface area (Å²) in [5.74, 6) is 2.74. The van der Waals surface area contributed by atoms with Crippen molar-refractivity contribution in [3.63, 3.8) is 0 Å². The molecule has 5 heteroatoms. The zero-order chi connectivity index (χ0) is 16.8. The summed E-state index contributed by atoms with van der Waals surface area (Å²) in [6.07, 6.45) is 6.22. The third-order valence-corrected chi connectivity index (χ3v) is 6.52. The molecule has 1 aromatic carbocycles. The Kier molecular flexibility index (Phi) is 3.63. The molecule has 0 bridgehead atoms. The first-order valence-corrected chi connectivity index (χ1v) is 9.85. The van der Waals surface area contributed by atoms with Gasteiger partial charge in [0.15, 0.2) is 0 Å². The molecule has 128 valence electrons. The Labute approximate surface area is 151 Å². The molecule has 0 fully saturated rings. The molecule has 3 heterocycles. The van der Waals surface area contributed by atoms with Gasteiger partial charge >= 0.3 is 0 Å². The van der Waals surface area contributed by atoms with Gasteiger partial charge < -0.3 is 10.1 Å². The number of ether oxygens (including phenoxy) is 1. The number of fused-ring (bicyclic) bond motifs is 4. The van der Waals surface area contributed by atoms with E-state index in [2.05, 4.69) is 34.3 Å². The Balaban J connectivity index is 1.56. The van der Waals surface area contributed by atoms with Crippen LogP contribution >= 0.6 is 11.3 Å². The monoisotopic (exact) mass is 351 g/mol. The fraction of sp³-hybridized carbons (Fsp3) is 0.400. The highest BCUT2D eigenvalue weighted by Crippen LogP contribution is 2.41. The zero-order valence-corrected chi connectivity index (χ0v) is 15.1. The molecule has 4 nitrogen and oxygen atoms in total. The minimum absolute atomic E-state index is 0.237. The van der Waals surface area contributed by atoms with Crippen molar-refractivity contribution in [2.24, 2.45) is 5.92 Å². The molecule has 0 saturated carbocycles. The molecular formula is C20H21N3OS. The summed E-state index contributed by atoms with van der Waals surface area (Å²) in [5, 5.41) is 4.95. The van der Waals surface area contributed by atoms with Gasteiger partial charge in [0.25, 0.3) is 0 Å². The SMILES string of the molecule is C[C@@H]1CCc2c(sc3ncnc(N[C@@H]4CCOc5ccccc54)c23)C1. The number of nitrogens with zero attached hydrogens (tertiary/aromatic N) is 2. The molecule has 1 aliphatic carbocycles. The first-order chi connectivity index (χ1) is 12.3. The van der Waals surface area contributed by atoms with Crippen LogP contribution < -0.4 is 10.1 Å². The van der Waals surface area contributed by atoms with Crippen LogP contribution in [0.1, 0.15) is 41.8 Å². The highest BCUT2D eigenvalue weighted by Gasteiger charge is 2.26. The summed E-state index contributed by atoms with van der Waals surface area (Å²) < 4.78 is 5.80. The molecule has 2 atom stereocenters. The van der Waals surface area contributed by atoms with Gasteiger partial charge in [-0.3, -0.25) is 0 Å². The van der Waals surface area contributed by atoms with Gasteiger partial charge in [0.2, 0.25) is 0 Å². The topological polar surface area (TPSA) is 47.0 Å². The largest absolute Gasteiger partial charge is 0.493 e. The number of aryl methyl sites for hydroxylation is 1. The Bertz CT molecular complexity index is 936. The highest BCUT2D eigenvalue weighted by atomic mass is 32.1. The lowest BCUT2D eigenvalue weighted by Crippen LogP contribution is -2.21. The van der Waals surface area contributed by atoms with E-state index >= 15 is 0 Å². The van der Waals surface area contributed by atoms with Crippen LogP contribution in [0.2, 0.25) is 0 Å². The number of anilines is 1. The summed E-state index contributed by atoms with van der Waals surface area (Å²) in [4.78, 5) is 11.8. The summed E-state index contributed by atoms with van der Waals surface area (Å²) in [6.45, 7) is 3.08. The van der Waals surface area contributed by atoms with Crippen molar-refractivity contribution in [1.82, 2.24) is 9.97 Å². The van der Waals surface area contributed by atoms with E-state index in [4.69, 9.17) is 4.74 Å². The van der Waals surface area contributed by atoms with E-state index in [9.17, 15) is 0 Å². The number of nitrogens with one attached hydrogen (secondary N) is 1. The molecule has 0 unspecified atom stereocenters. The summed E-state index contributed by atoms with van der Waals surface area (Å²) >= 11 is 1.85. The van der Waals surface area contributed by atoms with Crippen LogP contribution in [0.3, 0.4) is 0 Å². The minimum Gasteiger partial charge on any atom is -0.493 e. The highest BCUT2D eigenvalue weighted by molar-refractivity contribution is 7.19.